The van der Waals surface area contributed by atoms with Gasteiger partial charge in [-0.1, -0.05) is 47.1 Å². The van der Waals surface area contributed by atoms with Crippen LogP contribution < -0.4 is 5.73 Å². The van der Waals surface area contributed by atoms with Crippen LogP contribution in [0, 0.1) is 13.8 Å². The van der Waals surface area contributed by atoms with Crippen LogP contribution in [-0.2, 0) is 0 Å². The fourth-order valence-electron chi connectivity index (χ4n) is 2.39. The maximum absolute atomic E-state index is 5.97. The van der Waals surface area contributed by atoms with Crippen LogP contribution in [0.4, 0.5) is 5.88 Å². The number of hydrogen-bond donors (Lipinski definition) is 1. The van der Waals surface area contributed by atoms with E-state index in [0.29, 0.717) is 10.9 Å². The van der Waals surface area contributed by atoms with Gasteiger partial charge in [0.05, 0.1) is 5.56 Å². The quantitative estimate of drug-likeness (QED) is 0.735. The first kappa shape index (κ1) is 13.7. The van der Waals surface area contributed by atoms with E-state index in [1.807, 2.05) is 36.4 Å². The Bertz CT molecular complexity index is 791. The molecule has 3 aromatic rings. The second kappa shape index (κ2) is 5.26. The van der Waals surface area contributed by atoms with Crippen LogP contribution in [0.2, 0.25) is 5.02 Å². The first-order chi connectivity index (χ1) is 10.1. The molecule has 0 unspecified atom stereocenters. The summed E-state index contributed by atoms with van der Waals surface area (Å²) in [6, 6.07) is 13.6. The molecule has 1 heterocycles. The molecule has 0 aliphatic rings. The van der Waals surface area contributed by atoms with Crippen molar-refractivity contribution in [2.24, 2.45) is 0 Å². The predicted octanol–water partition coefficient (Wildman–Crippen LogP) is 4.86. The first-order valence-electron chi connectivity index (χ1n) is 6.65. The Balaban J connectivity index is 2.22. The van der Waals surface area contributed by atoms with E-state index in [-0.39, 0.29) is 0 Å². The third kappa shape index (κ3) is 2.41. The van der Waals surface area contributed by atoms with Crippen LogP contribution in [0.15, 0.2) is 47.0 Å². The third-order valence-corrected chi connectivity index (χ3v) is 3.96. The molecule has 1 aromatic heterocycles. The summed E-state index contributed by atoms with van der Waals surface area (Å²) >= 11 is 5.95. The van der Waals surface area contributed by atoms with Gasteiger partial charge in [-0.3, -0.25) is 0 Å². The molecule has 2 N–H and O–H groups in total. The summed E-state index contributed by atoms with van der Waals surface area (Å²) in [6.45, 7) is 4.14. The second-order valence-electron chi connectivity index (χ2n) is 5.02. The molecule has 0 saturated heterocycles. The maximum Gasteiger partial charge on any atom is 0.230 e. The lowest BCUT2D eigenvalue weighted by molar-refractivity contribution is 0.439. The minimum atomic E-state index is 0.313. The van der Waals surface area contributed by atoms with Gasteiger partial charge in [0.2, 0.25) is 5.88 Å². The molecule has 3 rings (SSSR count). The van der Waals surface area contributed by atoms with E-state index in [4.69, 9.17) is 21.9 Å². The number of nitrogen functional groups attached to an aromatic ring is 1. The highest BCUT2D eigenvalue weighted by Gasteiger charge is 2.19. The minimum absolute atomic E-state index is 0.313. The highest BCUT2D eigenvalue weighted by Crippen LogP contribution is 2.38. The zero-order valence-electron chi connectivity index (χ0n) is 11.9. The average molecular weight is 299 g/mol. The SMILES string of the molecule is Cc1cccc(-c2noc(N)c2-c2ccc(Cl)cc2)c1C. The Hall–Kier alpha value is -2.26. The van der Waals surface area contributed by atoms with Crippen molar-refractivity contribution in [3.05, 3.63) is 58.6 Å². The van der Waals surface area contributed by atoms with E-state index < -0.39 is 0 Å². The summed E-state index contributed by atoms with van der Waals surface area (Å²) in [4.78, 5) is 0. The van der Waals surface area contributed by atoms with Gasteiger partial charge in [-0.2, -0.15) is 0 Å². The zero-order valence-corrected chi connectivity index (χ0v) is 12.6. The normalized spacial score (nSPS) is 10.8. The molecular formula is C17H15ClN2O. The topological polar surface area (TPSA) is 52.0 Å². The largest absolute Gasteiger partial charge is 0.367 e. The first-order valence-corrected chi connectivity index (χ1v) is 7.03. The van der Waals surface area contributed by atoms with E-state index >= 15 is 0 Å². The molecule has 0 aliphatic heterocycles. The summed E-state index contributed by atoms with van der Waals surface area (Å²) in [5.41, 5.74) is 11.9. The number of rotatable bonds is 2. The van der Waals surface area contributed by atoms with Gasteiger partial charge in [-0.15, -0.1) is 0 Å². The van der Waals surface area contributed by atoms with E-state index in [9.17, 15) is 0 Å². The highest BCUT2D eigenvalue weighted by atomic mass is 35.5. The molecule has 2 aromatic carbocycles. The van der Waals surface area contributed by atoms with Crippen molar-refractivity contribution in [2.75, 3.05) is 5.73 Å². The minimum Gasteiger partial charge on any atom is -0.367 e. The zero-order chi connectivity index (χ0) is 15.0. The summed E-state index contributed by atoms with van der Waals surface area (Å²) in [5, 5.41) is 4.84. The van der Waals surface area contributed by atoms with Crippen molar-refractivity contribution in [3.8, 4) is 22.4 Å². The lowest BCUT2D eigenvalue weighted by Crippen LogP contribution is -1.91. The Kier molecular flexibility index (Phi) is 3.43. The van der Waals surface area contributed by atoms with E-state index in [0.717, 1.165) is 22.4 Å². The number of nitrogens with two attached hydrogens (primary N) is 1. The number of hydrogen-bond acceptors (Lipinski definition) is 3. The van der Waals surface area contributed by atoms with Gasteiger partial charge in [0.15, 0.2) is 0 Å². The number of aryl methyl sites for hydroxylation is 1. The monoisotopic (exact) mass is 298 g/mol. The van der Waals surface area contributed by atoms with Gasteiger partial charge in [0, 0.05) is 10.6 Å². The summed E-state index contributed by atoms with van der Waals surface area (Å²) in [5.74, 6) is 0.313. The van der Waals surface area contributed by atoms with Gasteiger partial charge in [-0.25, -0.2) is 0 Å². The van der Waals surface area contributed by atoms with Crippen molar-refractivity contribution in [2.45, 2.75) is 13.8 Å². The third-order valence-electron chi connectivity index (χ3n) is 3.71. The standard InChI is InChI=1S/C17H15ClN2O/c1-10-4-3-5-14(11(10)2)16-15(17(19)21-20-16)12-6-8-13(18)9-7-12/h3-9H,19H2,1-2H3. The Morgan fingerprint density at radius 3 is 2.48 bits per heavy atom. The fourth-order valence-corrected chi connectivity index (χ4v) is 2.52. The number of aromatic nitrogens is 1. The molecule has 0 spiro atoms. The van der Waals surface area contributed by atoms with Gasteiger partial charge in [0.1, 0.15) is 5.69 Å². The molecule has 106 valence electrons. The Labute approximate surface area is 128 Å². The number of halogens is 1. The van der Waals surface area contributed by atoms with Crippen LogP contribution in [0.5, 0.6) is 0 Å². The summed E-state index contributed by atoms with van der Waals surface area (Å²) in [6.07, 6.45) is 0. The average Bonchev–Trinajstić information content (AvgIpc) is 2.85. The van der Waals surface area contributed by atoms with Crippen LogP contribution in [0.25, 0.3) is 22.4 Å². The Morgan fingerprint density at radius 1 is 1.05 bits per heavy atom. The molecule has 0 radical (unpaired) electrons. The fraction of sp³-hybridized carbons (Fsp3) is 0.118. The van der Waals surface area contributed by atoms with E-state index in [1.54, 1.807) is 0 Å². The molecule has 0 aliphatic carbocycles. The van der Waals surface area contributed by atoms with Crippen LogP contribution >= 0.6 is 11.6 Å². The van der Waals surface area contributed by atoms with Crippen molar-refractivity contribution in [3.63, 3.8) is 0 Å². The summed E-state index contributed by atoms with van der Waals surface area (Å²) < 4.78 is 5.22. The van der Waals surface area contributed by atoms with Crippen molar-refractivity contribution >= 4 is 17.5 Å². The van der Waals surface area contributed by atoms with Gasteiger partial charge in [-0.05, 0) is 42.7 Å². The van der Waals surface area contributed by atoms with E-state index in [2.05, 4.69) is 25.1 Å². The van der Waals surface area contributed by atoms with Crippen LogP contribution in [0.1, 0.15) is 11.1 Å². The Morgan fingerprint density at radius 2 is 1.76 bits per heavy atom. The predicted molar refractivity (Wildman–Crippen MR) is 86.3 cm³/mol. The number of benzene rings is 2. The van der Waals surface area contributed by atoms with Crippen molar-refractivity contribution in [1.82, 2.24) is 5.16 Å². The lowest BCUT2D eigenvalue weighted by Gasteiger charge is -2.08. The second-order valence-corrected chi connectivity index (χ2v) is 5.46. The van der Waals surface area contributed by atoms with Crippen LogP contribution in [-0.4, -0.2) is 5.16 Å². The van der Waals surface area contributed by atoms with Gasteiger partial charge in [0.25, 0.3) is 0 Å². The van der Waals surface area contributed by atoms with Gasteiger partial charge >= 0.3 is 0 Å². The molecule has 0 atom stereocenters. The summed E-state index contributed by atoms with van der Waals surface area (Å²) in [7, 11) is 0. The maximum atomic E-state index is 5.97. The molecule has 21 heavy (non-hydrogen) atoms. The number of anilines is 1. The number of nitrogens with zero attached hydrogens (tertiary/aromatic N) is 1. The lowest BCUT2D eigenvalue weighted by atomic mass is 9.96. The van der Waals surface area contributed by atoms with Crippen molar-refractivity contribution in [1.29, 1.82) is 0 Å². The molecule has 0 bridgehead atoms. The van der Waals surface area contributed by atoms with Gasteiger partial charge < -0.3 is 10.3 Å². The molecule has 4 heteroatoms. The molecule has 3 nitrogen and oxygen atoms in total. The molecule has 0 amide bonds. The smallest absolute Gasteiger partial charge is 0.230 e. The van der Waals surface area contributed by atoms with E-state index in [1.165, 1.54) is 11.1 Å². The molecule has 0 saturated carbocycles. The highest BCUT2D eigenvalue weighted by molar-refractivity contribution is 6.30. The van der Waals surface area contributed by atoms with Crippen LogP contribution in [0.3, 0.4) is 0 Å². The molecular weight excluding hydrogens is 284 g/mol. The molecule has 0 fully saturated rings. The van der Waals surface area contributed by atoms with Crippen molar-refractivity contribution < 1.29 is 4.52 Å².